The highest BCUT2D eigenvalue weighted by molar-refractivity contribution is 5.98. The highest BCUT2D eigenvalue weighted by Gasteiger charge is 2.40. The molecule has 1 aromatic carbocycles. The topological polar surface area (TPSA) is 86.5 Å². The normalized spacial score (nSPS) is 24.8. The molecule has 0 aromatic heterocycles. The molecule has 0 saturated heterocycles. The van der Waals surface area contributed by atoms with Gasteiger partial charge in [-0.3, -0.25) is 19.7 Å². The fourth-order valence-corrected chi connectivity index (χ4v) is 4.11. The smallest absolute Gasteiger partial charge is 0.306 e. The number of nitrogens with zero attached hydrogens (tertiary/aromatic N) is 1. The van der Waals surface area contributed by atoms with Crippen molar-refractivity contribution >= 4 is 17.4 Å². The molecule has 2 aliphatic rings. The fourth-order valence-electron chi connectivity index (χ4n) is 4.11. The molecule has 2 aliphatic carbocycles. The Morgan fingerprint density at radius 1 is 1.29 bits per heavy atom. The number of rotatable bonds is 6. The molecule has 0 aliphatic heterocycles. The first-order valence-electron chi connectivity index (χ1n) is 8.38. The van der Waals surface area contributed by atoms with E-state index in [0.29, 0.717) is 23.8 Å². The number of esters is 1. The van der Waals surface area contributed by atoms with Crippen LogP contribution in [0.2, 0.25) is 0 Å². The van der Waals surface area contributed by atoms with Crippen molar-refractivity contribution in [3.63, 3.8) is 0 Å². The standard InChI is InChI=1S/C18H21NO5/c1-11-2-4-14(8-16(11)19(22)23)17(20)10-24-18(21)9-15-7-12-3-5-13(15)6-12/h2,4,8,12-13,15H,3,5-7,9-10H2,1H3/t12-,13+,15+/m0/s1. The van der Waals surface area contributed by atoms with Crippen LogP contribution in [-0.2, 0) is 9.53 Å². The number of hydrogen-bond acceptors (Lipinski definition) is 5. The van der Waals surface area contributed by atoms with Gasteiger partial charge in [-0.15, -0.1) is 0 Å². The van der Waals surface area contributed by atoms with Crippen LogP contribution in [0.3, 0.4) is 0 Å². The van der Waals surface area contributed by atoms with Crippen LogP contribution < -0.4 is 0 Å². The summed E-state index contributed by atoms with van der Waals surface area (Å²) in [6.45, 7) is 1.25. The van der Waals surface area contributed by atoms with Crippen LogP contribution in [0.15, 0.2) is 18.2 Å². The van der Waals surface area contributed by atoms with Gasteiger partial charge < -0.3 is 4.74 Å². The van der Waals surface area contributed by atoms with E-state index in [2.05, 4.69) is 0 Å². The summed E-state index contributed by atoms with van der Waals surface area (Å²) in [7, 11) is 0. The van der Waals surface area contributed by atoms with Gasteiger partial charge in [0, 0.05) is 23.6 Å². The molecule has 0 unspecified atom stereocenters. The van der Waals surface area contributed by atoms with Gasteiger partial charge in [0.15, 0.2) is 6.61 Å². The molecule has 0 heterocycles. The van der Waals surface area contributed by atoms with Crippen molar-refractivity contribution in [3.05, 3.63) is 39.4 Å². The van der Waals surface area contributed by atoms with Crippen LogP contribution in [0.25, 0.3) is 0 Å². The third-order valence-electron chi connectivity index (χ3n) is 5.41. The second kappa shape index (κ2) is 6.71. The largest absolute Gasteiger partial charge is 0.457 e. The Labute approximate surface area is 140 Å². The number of hydrogen-bond donors (Lipinski definition) is 0. The maximum Gasteiger partial charge on any atom is 0.306 e. The monoisotopic (exact) mass is 331 g/mol. The van der Waals surface area contributed by atoms with E-state index in [9.17, 15) is 19.7 Å². The summed E-state index contributed by atoms with van der Waals surface area (Å²) in [5.74, 6) is 1.04. The molecular weight excluding hydrogens is 310 g/mol. The zero-order chi connectivity index (χ0) is 17.3. The minimum atomic E-state index is -0.521. The van der Waals surface area contributed by atoms with Gasteiger partial charge in [0.1, 0.15) is 0 Å². The van der Waals surface area contributed by atoms with E-state index in [0.717, 1.165) is 12.3 Å². The van der Waals surface area contributed by atoms with E-state index in [1.807, 2.05) is 0 Å². The van der Waals surface area contributed by atoms with Crippen molar-refractivity contribution in [2.45, 2.75) is 39.0 Å². The number of carbonyl (C=O) groups excluding carboxylic acids is 2. The molecular formula is C18H21NO5. The predicted molar refractivity (Wildman–Crippen MR) is 86.7 cm³/mol. The van der Waals surface area contributed by atoms with Crippen molar-refractivity contribution < 1.29 is 19.2 Å². The molecule has 2 bridgehead atoms. The molecule has 2 saturated carbocycles. The lowest BCUT2D eigenvalue weighted by molar-refractivity contribution is -0.385. The van der Waals surface area contributed by atoms with Crippen molar-refractivity contribution in [3.8, 4) is 0 Å². The Morgan fingerprint density at radius 2 is 2.08 bits per heavy atom. The third kappa shape index (κ3) is 3.47. The number of Topliss-reactive ketones (excluding diaryl/α,β-unsaturated/α-hetero) is 1. The van der Waals surface area contributed by atoms with Gasteiger partial charge in [-0.25, -0.2) is 0 Å². The average molecular weight is 331 g/mol. The Hall–Kier alpha value is -2.24. The summed E-state index contributed by atoms with van der Waals surface area (Å²) >= 11 is 0. The number of ether oxygens (including phenoxy) is 1. The number of ketones is 1. The van der Waals surface area contributed by atoms with Gasteiger partial charge in [0.05, 0.1) is 4.92 Å². The molecule has 3 atom stereocenters. The second-order valence-electron chi connectivity index (χ2n) is 6.98. The van der Waals surface area contributed by atoms with Crippen LogP contribution in [0, 0.1) is 34.8 Å². The second-order valence-corrected chi connectivity index (χ2v) is 6.98. The third-order valence-corrected chi connectivity index (χ3v) is 5.41. The number of fused-ring (bicyclic) bond motifs is 2. The van der Waals surface area contributed by atoms with Crippen molar-refractivity contribution in [1.82, 2.24) is 0 Å². The summed E-state index contributed by atoms with van der Waals surface area (Å²) < 4.78 is 5.10. The molecule has 0 N–H and O–H groups in total. The highest BCUT2D eigenvalue weighted by Crippen LogP contribution is 2.49. The highest BCUT2D eigenvalue weighted by atomic mass is 16.6. The molecule has 128 valence electrons. The minimum absolute atomic E-state index is 0.103. The molecule has 3 rings (SSSR count). The van der Waals surface area contributed by atoms with Crippen LogP contribution >= 0.6 is 0 Å². The molecule has 0 radical (unpaired) electrons. The van der Waals surface area contributed by atoms with E-state index in [4.69, 9.17) is 4.74 Å². The first-order valence-corrected chi connectivity index (χ1v) is 8.38. The molecule has 0 amide bonds. The lowest BCUT2D eigenvalue weighted by Crippen LogP contribution is -2.19. The number of aryl methyl sites for hydroxylation is 1. The minimum Gasteiger partial charge on any atom is -0.457 e. The van der Waals surface area contributed by atoms with Gasteiger partial charge >= 0.3 is 5.97 Å². The van der Waals surface area contributed by atoms with Crippen LogP contribution in [-0.4, -0.2) is 23.3 Å². The fraction of sp³-hybridized carbons (Fsp3) is 0.556. The number of nitro groups is 1. The molecule has 0 spiro atoms. The van der Waals surface area contributed by atoms with Crippen molar-refractivity contribution in [2.24, 2.45) is 17.8 Å². The van der Waals surface area contributed by atoms with E-state index in [-0.39, 0.29) is 23.8 Å². The summed E-state index contributed by atoms with van der Waals surface area (Å²) in [5, 5.41) is 10.9. The number of nitro benzene ring substituents is 1. The molecule has 2 fully saturated rings. The molecule has 1 aromatic rings. The first-order chi connectivity index (χ1) is 11.4. The summed E-state index contributed by atoms with van der Waals surface area (Å²) in [6, 6.07) is 4.29. The maximum atomic E-state index is 12.1. The van der Waals surface area contributed by atoms with Crippen molar-refractivity contribution in [2.75, 3.05) is 6.61 Å². The van der Waals surface area contributed by atoms with Gasteiger partial charge in [-0.05, 0) is 43.9 Å². The Morgan fingerprint density at radius 3 is 2.71 bits per heavy atom. The van der Waals surface area contributed by atoms with Gasteiger partial charge in [0.2, 0.25) is 5.78 Å². The first kappa shape index (κ1) is 16.6. The van der Waals surface area contributed by atoms with Crippen molar-refractivity contribution in [1.29, 1.82) is 0 Å². The van der Waals surface area contributed by atoms with Gasteiger partial charge in [-0.2, -0.15) is 0 Å². The lowest BCUT2D eigenvalue weighted by Gasteiger charge is -2.20. The van der Waals surface area contributed by atoms with Gasteiger partial charge in [-0.1, -0.05) is 18.6 Å². The molecule has 24 heavy (non-hydrogen) atoms. The lowest BCUT2D eigenvalue weighted by atomic mass is 9.86. The Bertz CT molecular complexity index is 684. The molecule has 6 heteroatoms. The predicted octanol–water partition coefficient (Wildman–Crippen LogP) is 3.46. The zero-order valence-corrected chi connectivity index (χ0v) is 13.7. The Balaban J connectivity index is 1.52. The number of benzene rings is 1. The SMILES string of the molecule is Cc1ccc(C(=O)COC(=O)C[C@H]2C[C@H]3CC[C@@H]2C3)cc1[N+](=O)[O-]. The van der Waals surface area contributed by atoms with Crippen LogP contribution in [0.1, 0.15) is 48.0 Å². The van der Waals surface area contributed by atoms with E-state index in [1.165, 1.54) is 37.5 Å². The maximum absolute atomic E-state index is 12.1. The van der Waals surface area contributed by atoms with Crippen LogP contribution in [0.4, 0.5) is 5.69 Å². The van der Waals surface area contributed by atoms with Crippen LogP contribution in [0.5, 0.6) is 0 Å². The Kier molecular flexibility index (Phi) is 4.64. The molecule has 6 nitrogen and oxygen atoms in total. The zero-order valence-electron chi connectivity index (χ0n) is 13.7. The summed E-state index contributed by atoms with van der Waals surface area (Å²) in [6.07, 6.45) is 5.18. The quantitative estimate of drug-likeness (QED) is 0.345. The van der Waals surface area contributed by atoms with E-state index in [1.54, 1.807) is 6.92 Å². The summed E-state index contributed by atoms with van der Waals surface area (Å²) in [4.78, 5) is 34.5. The average Bonchev–Trinajstić information content (AvgIpc) is 3.15. The summed E-state index contributed by atoms with van der Waals surface area (Å²) in [5.41, 5.74) is 0.582. The number of carbonyl (C=O) groups is 2. The van der Waals surface area contributed by atoms with Gasteiger partial charge in [0.25, 0.3) is 5.69 Å². The van der Waals surface area contributed by atoms with E-state index < -0.39 is 10.7 Å². The van der Waals surface area contributed by atoms with E-state index >= 15 is 0 Å².